The molecule has 5 heteroatoms. The van der Waals surface area contributed by atoms with E-state index < -0.39 is 10.0 Å². The normalized spacial score (nSPS) is 22.6. The van der Waals surface area contributed by atoms with Crippen LogP contribution in [0.5, 0.6) is 0 Å². The van der Waals surface area contributed by atoms with Crippen molar-refractivity contribution in [2.24, 2.45) is 5.92 Å². The maximum Gasteiger partial charge on any atom is 0.218 e. The summed E-state index contributed by atoms with van der Waals surface area (Å²) >= 11 is 0. The first-order valence-corrected chi connectivity index (χ1v) is 9.84. The summed E-state index contributed by atoms with van der Waals surface area (Å²) in [5.41, 5.74) is 1.99. The summed E-state index contributed by atoms with van der Waals surface area (Å²) in [6, 6.07) is 8.39. The summed E-state index contributed by atoms with van der Waals surface area (Å²) in [7, 11) is -3.20. The highest BCUT2D eigenvalue weighted by Gasteiger charge is 2.35. The lowest BCUT2D eigenvalue weighted by atomic mass is 10.1. The molecule has 1 aromatic carbocycles. The van der Waals surface area contributed by atoms with E-state index >= 15 is 0 Å². The monoisotopic (exact) mass is 322 g/mol. The van der Waals surface area contributed by atoms with Gasteiger partial charge in [-0.15, -0.1) is 0 Å². The number of piperazine rings is 1. The summed E-state index contributed by atoms with van der Waals surface area (Å²) in [6.45, 7) is 7.27. The quantitative estimate of drug-likeness (QED) is 0.835. The van der Waals surface area contributed by atoms with E-state index in [-0.39, 0.29) is 5.75 Å². The van der Waals surface area contributed by atoms with Crippen LogP contribution in [0.1, 0.15) is 30.9 Å². The molecular weight excluding hydrogens is 296 g/mol. The minimum atomic E-state index is -3.20. The fourth-order valence-corrected chi connectivity index (χ4v) is 4.87. The minimum Gasteiger partial charge on any atom is -0.298 e. The first-order chi connectivity index (χ1) is 10.5. The van der Waals surface area contributed by atoms with Gasteiger partial charge in [-0.2, -0.15) is 4.31 Å². The maximum atomic E-state index is 12.6. The molecule has 2 fully saturated rings. The van der Waals surface area contributed by atoms with Crippen LogP contribution in [0.3, 0.4) is 0 Å². The van der Waals surface area contributed by atoms with Gasteiger partial charge >= 0.3 is 0 Å². The van der Waals surface area contributed by atoms with Gasteiger partial charge in [-0.25, -0.2) is 8.42 Å². The van der Waals surface area contributed by atoms with E-state index in [1.165, 1.54) is 12.8 Å². The van der Waals surface area contributed by atoms with E-state index in [2.05, 4.69) is 11.8 Å². The van der Waals surface area contributed by atoms with Gasteiger partial charge in [-0.1, -0.05) is 29.8 Å². The minimum absolute atomic E-state index is 0.118. The SMILES string of the molecule is Cc1cccc(CS(=O)(=O)N2CCN(C(C)C3CC3)CC2)c1. The van der Waals surface area contributed by atoms with Crippen molar-refractivity contribution in [3.05, 3.63) is 35.4 Å². The first kappa shape index (κ1) is 16.0. The van der Waals surface area contributed by atoms with Gasteiger partial charge in [0, 0.05) is 32.2 Å². The second-order valence-electron chi connectivity index (χ2n) is 6.76. The average Bonchev–Trinajstić information content (AvgIpc) is 3.31. The molecule has 1 aliphatic heterocycles. The number of sulfonamides is 1. The van der Waals surface area contributed by atoms with Crippen LogP contribution in [0.2, 0.25) is 0 Å². The summed E-state index contributed by atoms with van der Waals surface area (Å²) in [6.07, 6.45) is 2.68. The Bertz CT molecular complexity index is 617. The number of hydrogen-bond acceptors (Lipinski definition) is 3. The Morgan fingerprint density at radius 2 is 1.86 bits per heavy atom. The Morgan fingerprint density at radius 3 is 2.45 bits per heavy atom. The molecule has 2 aliphatic rings. The van der Waals surface area contributed by atoms with E-state index in [4.69, 9.17) is 0 Å². The second kappa shape index (κ2) is 6.30. The second-order valence-corrected chi connectivity index (χ2v) is 8.73. The fourth-order valence-electron chi connectivity index (χ4n) is 3.37. The zero-order valence-electron chi connectivity index (χ0n) is 13.5. The third-order valence-corrected chi connectivity index (χ3v) is 6.83. The molecule has 0 aromatic heterocycles. The zero-order chi connectivity index (χ0) is 15.7. The molecule has 0 bridgehead atoms. The van der Waals surface area contributed by atoms with Crippen LogP contribution in [0.25, 0.3) is 0 Å². The zero-order valence-corrected chi connectivity index (χ0v) is 14.3. The number of nitrogens with zero attached hydrogens (tertiary/aromatic N) is 2. The molecule has 1 unspecified atom stereocenters. The number of benzene rings is 1. The molecular formula is C17H26N2O2S. The lowest BCUT2D eigenvalue weighted by Crippen LogP contribution is -2.51. The van der Waals surface area contributed by atoms with Crippen LogP contribution in [0.15, 0.2) is 24.3 Å². The van der Waals surface area contributed by atoms with Crippen molar-refractivity contribution in [3.8, 4) is 0 Å². The van der Waals surface area contributed by atoms with E-state index in [0.29, 0.717) is 19.1 Å². The van der Waals surface area contributed by atoms with Gasteiger partial charge in [0.25, 0.3) is 0 Å². The molecule has 1 aromatic rings. The van der Waals surface area contributed by atoms with Crippen LogP contribution in [-0.2, 0) is 15.8 Å². The lowest BCUT2D eigenvalue weighted by molar-refractivity contribution is 0.133. The molecule has 0 N–H and O–H groups in total. The standard InChI is InChI=1S/C17H26N2O2S/c1-14-4-3-5-16(12-14)13-22(20,21)19-10-8-18(9-11-19)15(2)17-6-7-17/h3-5,12,15,17H,6-11,13H2,1-2H3. The van der Waals surface area contributed by atoms with Gasteiger partial charge in [0.2, 0.25) is 10.0 Å². The molecule has 0 spiro atoms. The average molecular weight is 322 g/mol. The van der Waals surface area contributed by atoms with E-state index in [1.807, 2.05) is 31.2 Å². The Morgan fingerprint density at radius 1 is 1.18 bits per heavy atom. The molecule has 1 heterocycles. The van der Waals surface area contributed by atoms with Crippen molar-refractivity contribution in [3.63, 3.8) is 0 Å². The lowest BCUT2D eigenvalue weighted by Gasteiger charge is -2.37. The Balaban J connectivity index is 1.59. The van der Waals surface area contributed by atoms with Crippen molar-refractivity contribution in [1.82, 2.24) is 9.21 Å². The van der Waals surface area contributed by atoms with Crippen molar-refractivity contribution in [2.75, 3.05) is 26.2 Å². The van der Waals surface area contributed by atoms with Gasteiger partial charge in [-0.05, 0) is 38.2 Å². The molecule has 122 valence electrons. The van der Waals surface area contributed by atoms with Crippen LogP contribution in [0, 0.1) is 12.8 Å². The predicted octanol–water partition coefficient (Wildman–Crippen LogP) is 2.24. The third kappa shape index (κ3) is 3.70. The van der Waals surface area contributed by atoms with Crippen molar-refractivity contribution in [2.45, 2.75) is 38.5 Å². The van der Waals surface area contributed by atoms with E-state index in [0.717, 1.165) is 30.1 Å². The van der Waals surface area contributed by atoms with E-state index in [9.17, 15) is 8.42 Å². The molecule has 4 nitrogen and oxygen atoms in total. The van der Waals surface area contributed by atoms with Gasteiger partial charge in [0.1, 0.15) is 0 Å². The number of rotatable bonds is 5. The summed E-state index contributed by atoms with van der Waals surface area (Å²) < 4.78 is 26.9. The van der Waals surface area contributed by atoms with Gasteiger partial charge in [-0.3, -0.25) is 4.90 Å². The summed E-state index contributed by atoms with van der Waals surface area (Å²) in [4.78, 5) is 2.45. The summed E-state index contributed by atoms with van der Waals surface area (Å²) in [5.74, 6) is 0.961. The predicted molar refractivity (Wildman–Crippen MR) is 89.1 cm³/mol. The Labute approximate surface area is 134 Å². The molecule has 1 saturated carbocycles. The summed E-state index contributed by atoms with van der Waals surface area (Å²) in [5, 5.41) is 0. The molecule has 0 radical (unpaired) electrons. The van der Waals surface area contributed by atoms with Crippen LogP contribution in [0.4, 0.5) is 0 Å². The molecule has 1 saturated heterocycles. The third-order valence-electron chi connectivity index (χ3n) is 4.98. The van der Waals surface area contributed by atoms with Crippen molar-refractivity contribution in [1.29, 1.82) is 0 Å². The highest BCUT2D eigenvalue weighted by molar-refractivity contribution is 7.88. The van der Waals surface area contributed by atoms with Gasteiger partial charge < -0.3 is 0 Å². The van der Waals surface area contributed by atoms with Crippen molar-refractivity contribution >= 4 is 10.0 Å². The van der Waals surface area contributed by atoms with Gasteiger partial charge in [0.15, 0.2) is 0 Å². The number of aryl methyl sites for hydroxylation is 1. The molecule has 0 amide bonds. The van der Waals surface area contributed by atoms with Crippen molar-refractivity contribution < 1.29 is 8.42 Å². The Kier molecular flexibility index (Phi) is 4.57. The topological polar surface area (TPSA) is 40.6 Å². The molecule has 1 aliphatic carbocycles. The number of hydrogen-bond donors (Lipinski definition) is 0. The maximum absolute atomic E-state index is 12.6. The van der Waals surface area contributed by atoms with Gasteiger partial charge in [0.05, 0.1) is 5.75 Å². The van der Waals surface area contributed by atoms with E-state index in [1.54, 1.807) is 4.31 Å². The fraction of sp³-hybridized carbons (Fsp3) is 0.647. The largest absolute Gasteiger partial charge is 0.298 e. The van der Waals surface area contributed by atoms with Crippen LogP contribution in [-0.4, -0.2) is 49.8 Å². The molecule has 1 atom stereocenters. The Hall–Kier alpha value is -0.910. The molecule has 3 rings (SSSR count). The first-order valence-electron chi connectivity index (χ1n) is 8.23. The smallest absolute Gasteiger partial charge is 0.218 e. The van der Waals surface area contributed by atoms with Crippen LogP contribution < -0.4 is 0 Å². The highest BCUT2D eigenvalue weighted by atomic mass is 32.2. The van der Waals surface area contributed by atoms with Crippen LogP contribution >= 0.6 is 0 Å². The molecule has 22 heavy (non-hydrogen) atoms. The highest BCUT2D eigenvalue weighted by Crippen LogP contribution is 2.35.